The van der Waals surface area contributed by atoms with E-state index in [1.54, 1.807) is 0 Å². The number of benzene rings is 1. The zero-order valence-corrected chi connectivity index (χ0v) is 13.0. The van der Waals surface area contributed by atoms with Crippen LogP contribution >= 0.6 is 11.6 Å². The molecule has 0 amide bonds. The van der Waals surface area contributed by atoms with Gasteiger partial charge in [-0.2, -0.15) is 18.3 Å². The molecule has 0 aliphatic rings. The summed E-state index contributed by atoms with van der Waals surface area (Å²) in [7, 11) is 0. The van der Waals surface area contributed by atoms with Gasteiger partial charge in [0, 0.05) is 5.56 Å². The molecule has 0 saturated carbocycles. The van der Waals surface area contributed by atoms with Gasteiger partial charge in [0.25, 0.3) is 0 Å². The molecule has 0 N–H and O–H groups in total. The SMILES string of the molecule is CC(C)(C)n1nc(-c2ccc(C(F)(F)F)cc2)c(C=O)c1Cl. The molecule has 1 aromatic carbocycles. The fourth-order valence-corrected chi connectivity index (χ4v) is 2.41. The Morgan fingerprint density at radius 1 is 1.14 bits per heavy atom. The number of nitrogens with zero attached hydrogens (tertiary/aromatic N) is 2. The highest BCUT2D eigenvalue weighted by Crippen LogP contribution is 2.34. The molecule has 0 spiro atoms. The quantitative estimate of drug-likeness (QED) is 0.742. The van der Waals surface area contributed by atoms with Crippen molar-refractivity contribution in [1.82, 2.24) is 9.78 Å². The summed E-state index contributed by atoms with van der Waals surface area (Å²) in [6.45, 7) is 5.57. The van der Waals surface area contributed by atoms with Gasteiger partial charge in [0.1, 0.15) is 10.8 Å². The van der Waals surface area contributed by atoms with E-state index < -0.39 is 17.3 Å². The van der Waals surface area contributed by atoms with Gasteiger partial charge >= 0.3 is 6.18 Å². The Morgan fingerprint density at radius 2 is 1.68 bits per heavy atom. The van der Waals surface area contributed by atoms with Gasteiger partial charge in [0.15, 0.2) is 6.29 Å². The lowest BCUT2D eigenvalue weighted by Gasteiger charge is -2.20. The van der Waals surface area contributed by atoms with Crippen LogP contribution in [0.4, 0.5) is 13.2 Å². The van der Waals surface area contributed by atoms with Crippen molar-refractivity contribution in [2.45, 2.75) is 32.5 Å². The number of rotatable bonds is 2. The van der Waals surface area contributed by atoms with Crippen LogP contribution in [-0.2, 0) is 11.7 Å². The number of aromatic nitrogens is 2. The normalized spacial score (nSPS) is 12.5. The van der Waals surface area contributed by atoms with E-state index in [0.717, 1.165) is 12.1 Å². The van der Waals surface area contributed by atoms with Crippen LogP contribution in [0.1, 0.15) is 36.7 Å². The molecule has 0 aliphatic heterocycles. The van der Waals surface area contributed by atoms with E-state index in [1.807, 2.05) is 20.8 Å². The van der Waals surface area contributed by atoms with Crippen LogP contribution < -0.4 is 0 Å². The maximum atomic E-state index is 12.6. The Kier molecular flexibility index (Phi) is 4.08. The molecule has 1 aromatic heterocycles. The third-order valence-electron chi connectivity index (χ3n) is 3.10. The van der Waals surface area contributed by atoms with E-state index in [-0.39, 0.29) is 16.4 Å². The Bertz CT molecular complexity index is 697. The van der Waals surface area contributed by atoms with Crippen molar-refractivity contribution in [3.05, 3.63) is 40.5 Å². The summed E-state index contributed by atoms with van der Waals surface area (Å²) in [6, 6.07) is 4.46. The molecule has 118 valence electrons. The summed E-state index contributed by atoms with van der Waals surface area (Å²) >= 11 is 6.16. The number of hydrogen-bond donors (Lipinski definition) is 0. The van der Waals surface area contributed by atoms with Crippen LogP contribution in [-0.4, -0.2) is 16.1 Å². The first-order chi connectivity index (χ1) is 10.1. The number of carbonyl (C=O) groups is 1. The number of hydrogen-bond acceptors (Lipinski definition) is 2. The van der Waals surface area contributed by atoms with Crippen LogP contribution in [0.2, 0.25) is 5.15 Å². The van der Waals surface area contributed by atoms with Gasteiger partial charge in [-0.25, -0.2) is 4.68 Å². The number of aldehydes is 1. The lowest BCUT2D eigenvalue weighted by molar-refractivity contribution is -0.137. The van der Waals surface area contributed by atoms with Crippen LogP contribution in [0.5, 0.6) is 0 Å². The monoisotopic (exact) mass is 330 g/mol. The third kappa shape index (κ3) is 3.02. The number of halogens is 4. The molecule has 0 saturated heterocycles. The van der Waals surface area contributed by atoms with Crippen LogP contribution in [0.15, 0.2) is 24.3 Å². The van der Waals surface area contributed by atoms with Crippen molar-refractivity contribution >= 4 is 17.9 Å². The molecular weight excluding hydrogens is 317 g/mol. The van der Waals surface area contributed by atoms with Crippen LogP contribution in [0, 0.1) is 0 Å². The molecule has 0 aliphatic carbocycles. The first kappa shape index (κ1) is 16.5. The maximum absolute atomic E-state index is 12.6. The molecule has 0 fully saturated rings. The zero-order chi connectivity index (χ0) is 16.7. The van der Waals surface area contributed by atoms with Gasteiger partial charge in [0.05, 0.1) is 16.7 Å². The van der Waals surface area contributed by atoms with Crippen molar-refractivity contribution in [2.75, 3.05) is 0 Å². The smallest absolute Gasteiger partial charge is 0.298 e. The van der Waals surface area contributed by atoms with E-state index in [0.29, 0.717) is 11.8 Å². The van der Waals surface area contributed by atoms with E-state index in [4.69, 9.17) is 11.6 Å². The largest absolute Gasteiger partial charge is 0.416 e. The van der Waals surface area contributed by atoms with Gasteiger partial charge in [-0.1, -0.05) is 23.7 Å². The minimum absolute atomic E-state index is 0.163. The second-order valence-electron chi connectivity index (χ2n) is 5.83. The summed E-state index contributed by atoms with van der Waals surface area (Å²) < 4.78 is 39.3. The third-order valence-corrected chi connectivity index (χ3v) is 3.47. The minimum atomic E-state index is -4.41. The van der Waals surface area contributed by atoms with E-state index in [2.05, 4.69) is 5.10 Å². The Hall–Kier alpha value is -1.82. The minimum Gasteiger partial charge on any atom is -0.298 e. The average Bonchev–Trinajstić information content (AvgIpc) is 2.74. The molecule has 2 aromatic rings. The molecule has 0 unspecified atom stereocenters. The molecule has 0 bridgehead atoms. The zero-order valence-electron chi connectivity index (χ0n) is 12.2. The van der Waals surface area contributed by atoms with Crippen molar-refractivity contribution < 1.29 is 18.0 Å². The highest BCUT2D eigenvalue weighted by atomic mass is 35.5. The van der Waals surface area contributed by atoms with Crippen molar-refractivity contribution in [3.63, 3.8) is 0 Å². The van der Waals surface area contributed by atoms with Crippen LogP contribution in [0.3, 0.4) is 0 Å². The molecule has 3 nitrogen and oxygen atoms in total. The molecule has 7 heteroatoms. The lowest BCUT2D eigenvalue weighted by Crippen LogP contribution is -2.23. The first-order valence-corrected chi connectivity index (χ1v) is 6.85. The number of alkyl halides is 3. The molecule has 2 rings (SSSR count). The van der Waals surface area contributed by atoms with Crippen molar-refractivity contribution in [1.29, 1.82) is 0 Å². The molecular formula is C15H14ClF3N2O. The summed E-state index contributed by atoms with van der Waals surface area (Å²) in [6.07, 6.45) is -3.85. The predicted octanol–water partition coefficient (Wildman–Crippen LogP) is 4.79. The molecule has 22 heavy (non-hydrogen) atoms. The van der Waals surface area contributed by atoms with Crippen molar-refractivity contribution in [2.24, 2.45) is 0 Å². The van der Waals surface area contributed by atoms with E-state index in [1.165, 1.54) is 16.8 Å². The highest BCUT2D eigenvalue weighted by Gasteiger charge is 2.30. The predicted molar refractivity (Wildman–Crippen MR) is 78.1 cm³/mol. The van der Waals surface area contributed by atoms with Gasteiger partial charge in [0.2, 0.25) is 0 Å². The van der Waals surface area contributed by atoms with E-state index in [9.17, 15) is 18.0 Å². The van der Waals surface area contributed by atoms with Gasteiger partial charge in [-0.15, -0.1) is 0 Å². The Balaban J connectivity index is 2.56. The fraction of sp³-hybridized carbons (Fsp3) is 0.333. The molecule has 0 radical (unpaired) electrons. The fourth-order valence-electron chi connectivity index (χ4n) is 1.99. The standard InChI is InChI=1S/C15H14ClF3N2O/c1-14(2,3)21-13(16)11(8-22)12(20-21)9-4-6-10(7-5-9)15(17,18)19/h4-8H,1-3H3. The first-order valence-electron chi connectivity index (χ1n) is 6.47. The molecule has 0 atom stereocenters. The summed E-state index contributed by atoms with van der Waals surface area (Å²) in [5, 5.41) is 4.45. The van der Waals surface area contributed by atoms with E-state index >= 15 is 0 Å². The summed E-state index contributed by atoms with van der Waals surface area (Å²) in [5.74, 6) is 0. The number of carbonyl (C=O) groups excluding carboxylic acids is 1. The maximum Gasteiger partial charge on any atom is 0.416 e. The summed E-state index contributed by atoms with van der Waals surface area (Å²) in [4.78, 5) is 11.3. The van der Waals surface area contributed by atoms with Gasteiger partial charge in [-0.3, -0.25) is 4.79 Å². The summed E-state index contributed by atoms with van der Waals surface area (Å²) in [5.41, 5.74) is -0.385. The average molecular weight is 331 g/mol. The second kappa shape index (κ2) is 5.43. The highest BCUT2D eigenvalue weighted by molar-refractivity contribution is 6.32. The lowest BCUT2D eigenvalue weighted by atomic mass is 10.1. The Labute approximate surface area is 130 Å². The van der Waals surface area contributed by atoms with Crippen molar-refractivity contribution in [3.8, 4) is 11.3 Å². The Morgan fingerprint density at radius 3 is 2.09 bits per heavy atom. The van der Waals surface area contributed by atoms with Gasteiger partial charge < -0.3 is 0 Å². The van der Waals surface area contributed by atoms with Gasteiger partial charge in [-0.05, 0) is 32.9 Å². The second-order valence-corrected chi connectivity index (χ2v) is 6.19. The topological polar surface area (TPSA) is 34.9 Å². The molecule has 1 heterocycles. The van der Waals surface area contributed by atoms with Crippen LogP contribution in [0.25, 0.3) is 11.3 Å².